The Balaban J connectivity index is 1.60. The van der Waals surface area contributed by atoms with Crippen LogP contribution in [-0.2, 0) is 21.2 Å². The molecule has 1 saturated heterocycles. The van der Waals surface area contributed by atoms with Crippen molar-refractivity contribution < 1.29 is 22.3 Å². The van der Waals surface area contributed by atoms with E-state index in [0.717, 1.165) is 29.8 Å². The predicted molar refractivity (Wildman–Crippen MR) is 112 cm³/mol. The van der Waals surface area contributed by atoms with Crippen LogP contribution < -0.4 is 9.64 Å². The van der Waals surface area contributed by atoms with Crippen LogP contribution in [0.4, 0.5) is 10.1 Å². The Bertz CT molecular complexity index is 1070. The lowest BCUT2D eigenvalue weighted by Crippen LogP contribution is -2.48. The molecule has 0 spiro atoms. The van der Waals surface area contributed by atoms with Gasteiger partial charge in [0.15, 0.2) is 0 Å². The van der Waals surface area contributed by atoms with Crippen LogP contribution in [0.15, 0.2) is 47.4 Å². The van der Waals surface area contributed by atoms with Gasteiger partial charge in [0.05, 0.1) is 13.0 Å². The zero-order valence-corrected chi connectivity index (χ0v) is 17.9. The van der Waals surface area contributed by atoms with E-state index in [2.05, 4.69) is 0 Å². The van der Waals surface area contributed by atoms with Crippen LogP contribution in [0.1, 0.15) is 25.3 Å². The predicted octanol–water partition coefficient (Wildman–Crippen LogP) is 3.21. The van der Waals surface area contributed by atoms with Crippen LogP contribution in [0.25, 0.3) is 0 Å². The largest absolute Gasteiger partial charge is 0.495 e. The number of hydrogen-bond acceptors (Lipinski definition) is 4. The van der Waals surface area contributed by atoms with Crippen LogP contribution >= 0.6 is 0 Å². The number of carbonyl (C=O) groups is 1. The van der Waals surface area contributed by atoms with E-state index in [0.29, 0.717) is 12.8 Å². The number of fused-ring (bicyclic) bond motifs is 1. The maximum atomic E-state index is 13.8. The van der Waals surface area contributed by atoms with Gasteiger partial charge in [0.1, 0.15) is 16.5 Å². The fourth-order valence-electron chi connectivity index (χ4n) is 4.45. The summed E-state index contributed by atoms with van der Waals surface area (Å²) >= 11 is 0. The average Bonchev–Trinajstić information content (AvgIpc) is 3.09. The smallest absolute Gasteiger partial charge is 0.246 e. The molecule has 0 unspecified atom stereocenters. The lowest BCUT2D eigenvalue weighted by molar-refractivity contribution is -0.123. The maximum Gasteiger partial charge on any atom is 0.246 e. The number of ether oxygens (including phenoxy) is 1. The van der Waals surface area contributed by atoms with Gasteiger partial charge in [-0.1, -0.05) is 18.2 Å². The molecule has 2 aromatic carbocycles. The third kappa shape index (κ3) is 3.58. The van der Waals surface area contributed by atoms with Crippen LogP contribution in [-0.4, -0.2) is 44.9 Å². The SMILES string of the molecule is COc1ccc(F)cc1S(=O)(=O)N1CCC[C@@H](C(=O)N2c3ccccc3C[C@H]2C)C1. The quantitative estimate of drug-likeness (QED) is 0.744. The Labute approximate surface area is 176 Å². The van der Waals surface area contributed by atoms with E-state index in [1.807, 2.05) is 31.2 Å². The minimum atomic E-state index is -3.99. The van der Waals surface area contributed by atoms with Gasteiger partial charge in [-0.25, -0.2) is 12.8 Å². The monoisotopic (exact) mass is 432 g/mol. The summed E-state index contributed by atoms with van der Waals surface area (Å²) in [5, 5.41) is 0. The minimum Gasteiger partial charge on any atom is -0.495 e. The molecule has 2 atom stereocenters. The van der Waals surface area contributed by atoms with Crippen molar-refractivity contribution in [2.75, 3.05) is 25.1 Å². The number of anilines is 1. The van der Waals surface area contributed by atoms with Crippen molar-refractivity contribution in [3.8, 4) is 5.75 Å². The number of piperidine rings is 1. The Morgan fingerprint density at radius 1 is 1.20 bits per heavy atom. The molecular formula is C22H25FN2O4S. The molecular weight excluding hydrogens is 407 g/mol. The Kier molecular flexibility index (Phi) is 5.55. The van der Waals surface area contributed by atoms with Gasteiger partial charge < -0.3 is 9.64 Å². The van der Waals surface area contributed by atoms with Gasteiger partial charge in [-0.15, -0.1) is 0 Å². The zero-order chi connectivity index (χ0) is 21.5. The second-order valence-electron chi connectivity index (χ2n) is 7.89. The van der Waals surface area contributed by atoms with E-state index in [-0.39, 0.29) is 35.7 Å². The number of para-hydroxylation sites is 1. The topological polar surface area (TPSA) is 66.9 Å². The molecule has 0 aromatic heterocycles. The summed E-state index contributed by atoms with van der Waals surface area (Å²) in [7, 11) is -2.65. The van der Waals surface area contributed by atoms with Crippen molar-refractivity contribution in [2.24, 2.45) is 5.92 Å². The first-order chi connectivity index (χ1) is 14.3. The van der Waals surface area contributed by atoms with E-state index in [1.165, 1.54) is 17.5 Å². The molecule has 30 heavy (non-hydrogen) atoms. The second kappa shape index (κ2) is 8.00. The number of amides is 1. The number of benzene rings is 2. The molecule has 0 radical (unpaired) electrons. The van der Waals surface area contributed by atoms with Crippen LogP contribution in [0.5, 0.6) is 5.75 Å². The highest BCUT2D eigenvalue weighted by Gasteiger charge is 2.39. The van der Waals surface area contributed by atoms with Gasteiger partial charge in [-0.05, 0) is 56.0 Å². The van der Waals surface area contributed by atoms with Crippen molar-refractivity contribution in [2.45, 2.75) is 37.1 Å². The highest BCUT2D eigenvalue weighted by molar-refractivity contribution is 7.89. The molecule has 6 nitrogen and oxygen atoms in total. The summed E-state index contributed by atoms with van der Waals surface area (Å²) in [5.41, 5.74) is 2.03. The maximum absolute atomic E-state index is 13.8. The second-order valence-corrected chi connectivity index (χ2v) is 9.79. The fourth-order valence-corrected chi connectivity index (χ4v) is 6.14. The van der Waals surface area contributed by atoms with E-state index in [4.69, 9.17) is 4.74 Å². The highest BCUT2D eigenvalue weighted by Crippen LogP contribution is 2.36. The summed E-state index contributed by atoms with van der Waals surface area (Å²) in [6, 6.07) is 11.3. The summed E-state index contributed by atoms with van der Waals surface area (Å²) < 4.78 is 46.6. The van der Waals surface area contributed by atoms with Crippen LogP contribution in [0, 0.1) is 11.7 Å². The van der Waals surface area contributed by atoms with Crippen molar-refractivity contribution in [3.05, 3.63) is 53.8 Å². The molecule has 0 aliphatic carbocycles. The summed E-state index contributed by atoms with van der Waals surface area (Å²) in [4.78, 5) is 15.0. The summed E-state index contributed by atoms with van der Waals surface area (Å²) in [5.74, 6) is -1.06. The van der Waals surface area contributed by atoms with Crippen LogP contribution in [0.2, 0.25) is 0 Å². The lowest BCUT2D eigenvalue weighted by atomic mass is 9.97. The first-order valence-corrected chi connectivity index (χ1v) is 11.5. The molecule has 2 aromatic rings. The molecule has 4 rings (SSSR count). The average molecular weight is 433 g/mol. The van der Waals surface area contributed by atoms with Gasteiger partial charge in [0.2, 0.25) is 15.9 Å². The molecule has 160 valence electrons. The number of nitrogens with zero attached hydrogens (tertiary/aromatic N) is 2. The molecule has 1 amide bonds. The first-order valence-electron chi connectivity index (χ1n) is 10.1. The number of carbonyl (C=O) groups excluding carboxylic acids is 1. The molecule has 2 heterocycles. The molecule has 2 aliphatic heterocycles. The number of halogens is 1. The van der Waals surface area contributed by atoms with Crippen molar-refractivity contribution in [1.82, 2.24) is 4.31 Å². The van der Waals surface area contributed by atoms with Crippen LogP contribution in [0.3, 0.4) is 0 Å². The molecule has 0 bridgehead atoms. The molecule has 0 saturated carbocycles. The van der Waals surface area contributed by atoms with Crippen molar-refractivity contribution >= 4 is 21.6 Å². The number of methoxy groups -OCH3 is 1. The Hall–Kier alpha value is -2.45. The standard InChI is InChI=1S/C22H25FN2O4S/c1-15-12-16-6-3-4-8-19(16)25(15)22(26)17-7-5-11-24(14-17)30(27,28)21-13-18(23)9-10-20(21)29-2/h3-4,6,8-10,13,15,17H,5,7,11-12,14H2,1-2H3/t15-,17-/m1/s1. The zero-order valence-electron chi connectivity index (χ0n) is 17.0. The van der Waals surface area contributed by atoms with Gasteiger partial charge in [0.25, 0.3) is 0 Å². The normalized spacial score (nSPS) is 22.0. The molecule has 8 heteroatoms. The first kappa shape index (κ1) is 20.8. The highest BCUT2D eigenvalue weighted by atomic mass is 32.2. The van der Waals surface area contributed by atoms with E-state index in [1.54, 1.807) is 4.90 Å². The number of hydrogen-bond donors (Lipinski definition) is 0. The Morgan fingerprint density at radius 2 is 1.97 bits per heavy atom. The van der Waals surface area contributed by atoms with Crippen molar-refractivity contribution in [1.29, 1.82) is 0 Å². The summed E-state index contributed by atoms with van der Waals surface area (Å²) in [6.07, 6.45) is 1.98. The van der Waals surface area contributed by atoms with Gasteiger partial charge in [-0.2, -0.15) is 4.31 Å². The van der Waals surface area contributed by atoms with Gasteiger partial charge in [0, 0.05) is 24.8 Å². The van der Waals surface area contributed by atoms with E-state index < -0.39 is 21.8 Å². The van der Waals surface area contributed by atoms with E-state index in [9.17, 15) is 17.6 Å². The number of rotatable bonds is 4. The summed E-state index contributed by atoms with van der Waals surface area (Å²) in [6.45, 7) is 2.37. The third-order valence-electron chi connectivity index (χ3n) is 5.92. The minimum absolute atomic E-state index is 0.0326. The van der Waals surface area contributed by atoms with Crippen molar-refractivity contribution in [3.63, 3.8) is 0 Å². The lowest BCUT2D eigenvalue weighted by Gasteiger charge is -2.34. The van der Waals surface area contributed by atoms with E-state index >= 15 is 0 Å². The number of sulfonamides is 1. The molecule has 1 fully saturated rings. The van der Waals surface area contributed by atoms with Gasteiger partial charge >= 0.3 is 0 Å². The molecule has 2 aliphatic rings. The molecule has 0 N–H and O–H groups in total. The fraction of sp³-hybridized carbons (Fsp3) is 0.409. The van der Waals surface area contributed by atoms with Gasteiger partial charge in [-0.3, -0.25) is 4.79 Å². The third-order valence-corrected chi connectivity index (χ3v) is 7.81. The Morgan fingerprint density at radius 3 is 2.73 bits per heavy atom.